The quantitative estimate of drug-likeness (QED) is 0.215. The summed E-state index contributed by atoms with van der Waals surface area (Å²) in [4.78, 5) is 0. The zero-order chi connectivity index (χ0) is 28.3. The van der Waals surface area contributed by atoms with Crippen LogP contribution in [0, 0.1) is 0 Å². The molecule has 0 aliphatic carbocycles. The summed E-state index contributed by atoms with van der Waals surface area (Å²) in [6, 6.07) is 56.8. The van der Waals surface area contributed by atoms with E-state index in [0.29, 0.717) is 0 Å². The van der Waals surface area contributed by atoms with Gasteiger partial charge >= 0.3 is 0 Å². The van der Waals surface area contributed by atoms with Crippen molar-refractivity contribution < 1.29 is 4.42 Å². The molecule has 1 nitrogen and oxygen atoms in total. The smallest absolute Gasteiger partial charge is 0.135 e. The van der Waals surface area contributed by atoms with Gasteiger partial charge in [-0.15, -0.1) is 0 Å². The van der Waals surface area contributed by atoms with Gasteiger partial charge in [0.15, 0.2) is 0 Å². The van der Waals surface area contributed by atoms with Crippen LogP contribution in [0.5, 0.6) is 0 Å². The van der Waals surface area contributed by atoms with E-state index in [2.05, 4.69) is 158 Å². The minimum absolute atomic E-state index is 0.884. The predicted molar refractivity (Wildman–Crippen MR) is 183 cm³/mol. The average molecular weight is 547 g/mol. The van der Waals surface area contributed by atoms with E-state index in [1.165, 1.54) is 65.7 Å². The fraction of sp³-hybridized carbons (Fsp3) is 0. The summed E-state index contributed by atoms with van der Waals surface area (Å²) < 4.78 is 6.84. The van der Waals surface area contributed by atoms with E-state index in [-0.39, 0.29) is 0 Å². The first-order chi connectivity index (χ1) is 21.3. The van der Waals surface area contributed by atoms with Crippen molar-refractivity contribution in [3.63, 3.8) is 0 Å². The van der Waals surface area contributed by atoms with Crippen molar-refractivity contribution in [3.05, 3.63) is 158 Å². The van der Waals surface area contributed by atoms with Crippen LogP contribution in [0.25, 0.3) is 87.6 Å². The first kappa shape index (κ1) is 24.0. The van der Waals surface area contributed by atoms with E-state index in [0.717, 1.165) is 21.9 Å². The summed E-state index contributed by atoms with van der Waals surface area (Å²) in [5.74, 6) is 0. The highest BCUT2D eigenvalue weighted by Gasteiger charge is 2.24. The third kappa shape index (κ3) is 3.65. The maximum absolute atomic E-state index is 6.84. The largest absolute Gasteiger partial charge is 0.456 e. The van der Waals surface area contributed by atoms with E-state index in [1.54, 1.807) is 0 Å². The van der Waals surface area contributed by atoms with Crippen LogP contribution in [-0.4, -0.2) is 0 Å². The molecule has 0 radical (unpaired) electrons. The Hall–Kier alpha value is -5.66. The van der Waals surface area contributed by atoms with E-state index >= 15 is 0 Å². The molecule has 43 heavy (non-hydrogen) atoms. The molecule has 9 rings (SSSR count). The predicted octanol–water partition coefficient (Wildman–Crippen LogP) is 12.0. The van der Waals surface area contributed by atoms with Gasteiger partial charge in [0.2, 0.25) is 0 Å². The van der Waals surface area contributed by atoms with Crippen molar-refractivity contribution in [2.24, 2.45) is 0 Å². The number of benzene rings is 8. The first-order valence-corrected chi connectivity index (χ1v) is 14.8. The maximum Gasteiger partial charge on any atom is 0.135 e. The number of rotatable bonds is 3. The third-order valence-corrected chi connectivity index (χ3v) is 8.81. The van der Waals surface area contributed by atoms with Crippen LogP contribution in [0.2, 0.25) is 0 Å². The standard InChI is InChI=1S/C42H26O/c1-3-13-29(14-4-1)38-34-21-11-23-36-41(34)42(33-20-9-18-28-19-10-22-35(43-36)37(28)33)40(39(38)30-15-5-2-6-16-30)32-25-24-27-12-7-8-17-31(27)26-32/h1-26H. The fourth-order valence-corrected chi connectivity index (χ4v) is 7.01. The van der Waals surface area contributed by atoms with E-state index in [1.807, 2.05) is 0 Å². The average Bonchev–Trinajstić information content (AvgIpc) is 3.22. The molecule has 0 amide bonds. The Morgan fingerprint density at radius 1 is 0.302 bits per heavy atom. The highest BCUT2D eigenvalue weighted by Crippen LogP contribution is 2.51. The number of fused-ring (bicyclic) bond motifs is 2. The molecule has 0 aliphatic rings. The summed E-state index contributed by atoms with van der Waals surface area (Å²) in [5, 5.41) is 9.53. The summed E-state index contributed by atoms with van der Waals surface area (Å²) >= 11 is 0. The van der Waals surface area contributed by atoms with Crippen molar-refractivity contribution in [2.75, 3.05) is 0 Å². The molecule has 1 heterocycles. The van der Waals surface area contributed by atoms with Crippen LogP contribution >= 0.6 is 0 Å². The van der Waals surface area contributed by atoms with E-state index < -0.39 is 0 Å². The van der Waals surface area contributed by atoms with Crippen LogP contribution in [0.4, 0.5) is 0 Å². The lowest BCUT2D eigenvalue weighted by Gasteiger charge is -2.22. The topological polar surface area (TPSA) is 13.1 Å². The second-order valence-corrected chi connectivity index (χ2v) is 11.2. The molecule has 0 saturated heterocycles. The van der Waals surface area contributed by atoms with Gasteiger partial charge in [0.25, 0.3) is 0 Å². The first-order valence-electron chi connectivity index (χ1n) is 14.8. The van der Waals surface area contributed by atoms with Gasteiger partial charge in [0.05, 0.1) is 0 Å². The number of hydrogen-bond donors (Lipinski definition) is 0. The van der Waals surface area contributed by atoms with Gasteiger partial charge in [0, 0.05) is 16.2 Å². The van der Waals surface area contributed by atoms with Crippen molar-refractivity contribution in [1.82, 2.24) is 0 Å². The molecule has 8 aromatic carbocycles. The van der Waals surface area contributed by atoms with Gasteiger partial charge in [-0.25, -0.2) is 0 Å². The molecule has 0 spiro atoms. The summed E-state index contributed by atoms with van der Waals surface area (Å²) in [6.45, 7) is 0. The van der Waals surface area contributed by atoms with Crippen LogP contribution in [0.15, 0.2) is 162 Å². The Balaban J connectivity index is 1.64. The summed E-state index contributed by atoms with van der Waals surface area (Å²) in [5.41, 5.74) is 9.03. The molecule has 1 heteroatoms. The van der Waals surface area contributed by atoms with Crippen molar-refractivity contribution in [2.45, 2.75) is 0 Å². The molecule has 0 fully saturated rings. The van der Waals surface area contributed by atoms with Crippen LogP contribution in [-0.2, 0) is 0 Å². The second-order valence-electron chi connectivity index (χ2n) is 11.2. The molecule has 0 saturated carbocycles. The number of hydrogen-bond acceptors (Lipinski definition) is 1. The Labute approximate surface area is 249 Å². The second kappa shape index (κ2) is 9.44. The van der Waals surface area contributed by atoms with Gasteiger partial charge in [-0.2, -0.15) is 0 Å². The molecule has 0 N–H and O–H groups in total. The van der Waals surface area contributed by atoms with Crippen LogP contribution < -0.4 is 0 Å². The Morgan fingerprint density at radius 2 is 0.884 bits per heavy atom. The molecule has 200 valence electrons. The molecule has 0 aliphatic heterocycles. The monoisotopic (exact) mass is 546 g/mol. The Morgan fingerprint density at radius 3 is 1.65 bits per heavy atom. The fourth-order valence-electron chi connectivity index (χ4n) is 7.01. The van der Waals surface area contributed by atoms with Crippen molar-refractivity contribution in [3.8, 4) is 33.4 Å². The van der Waals surface area contributed by atoms with Gasteiger partial charge in [0.1, 0.15) is 11.2 Å². The van der Waals surface area contributed by atoms with Gasteiger partial charge in [-0.05, 0) is 78.5 Å². The molecule has 0 unspecified atom stereocenters. The summed E-state index contributed by atoms with van der Waals surface area (Å²) in [7, 11) is 0. The van der Waals surface area contributed by atoms with Crippen molar-refractivity contribution in [1.29, 1.82) is 0 Å². The molecule has 0 bridgehead atoms. The SMILES string of the molecule is c1ccc(-c2c(-c3ccccc3)c3cccc4oc5cccc6cccc(c(c2-c2ccc7ccccc7c2)c43)c65)cc1. The zero-order valence-electron chi connectivity index (χ0n) is 23.4. The Bertz CT molecular complexity index is 2480. The lowest BCUT2D eigenvalue weighted by molar-refractivity contribution is 0.664. The minimum atomic E-state index is 0.884. The minimum Gasteiger partial charge on any atom is -0.456 e. The molecular formula is C42H26O. The molecular weight excluding hydrogens is 520 g/mol. The van der Waals surface area contributed by atoms with Crippen LogP contribution in [0.3, 0.4) is 0 Å². The maximum atomic E-state index is 6.84. The van der Waals surface area contributed by atoms with Gasteiger partial charge in [-0.3, -0.25) is 0 Å². The lowest BCUT2D eigenvalue weighted by atomic mass is 9.80. The third-order valence-electron chi connectivity index (χ3n) is 8.81. The molecule has 0 atom stereocenters. The van der Waals surface area contributed by atoms with E-state index in [9.17, 15) is 0 Å². The van der Waals surface area contributed by atoms with Gasteiger partial charge < -0.3 is 4.42 Å². The van der Waals surface area contributed by atoms with E-state index in [4.69, 9.17) is 4.42 Å². The zero-order valence-corrected chi connectivity index (χ0v) is 23.4. The van der Waals surface area contributed by atoms with Crippen molar-refractivity contribution >= 4 is 54.3 Å². The van der Waals surface area contributed by atoms with Gasteiger partial charge in [-0.1, -0.05) is 140 Å². The molecule has 1 aromatic heterocycles. The highest BCUT2D eigenvalue weighted by atomic mass is 16.3. The Kier molecular flexibility index (Phi) is 5.27. The molecule has 9 aromatic rings. The van der Waals surface area contributed by atoms with Crippen LogP contribution in [0.1, 0.15) is 0 Å². The normalized spacial score (nSPS) is 11.7. The summed E-state index contributed by atoms with van der Waals surface area (Å²) in [6.07, 6.45) is 0. The lowest BCUT2D eigenvalue weighted by Crippen LogP contribution is -1.95. The highest BCUT2D eigenvalue weighted by molar-refractivity contribution is 6.32.